The molecular formula is C11H22N2O4. The molecule has 0 saturated heterocycles. The number of hydrogen-bond donors (Lipinski definition) is 3. The zero-order valence-electron chi connectivity index (χ0n) is 10.6. The summed E-state index contributed by atoms with van der Waals surface area (Å²) in [6, 6.07) is -0.374. The fourth-order valence-electron chi connectivity index (χ4n) is 1.42. The Morgan fingerprint density at radius 3 is 2.29 bits per heavy atom. The van der Waals surface area contributed by atoms with Crippen molar-refractivity contribution in [1.82, 2.24) is 10.2 Å². The molecule has 2 amide bonds. The standard InChI is InChI=1S/C11H22N2O4/c1-4-9(10(15)16)7-12-11(17)13(5-6-14)8(2)3/h8-9,14H,4-7H2,1-3H3,(H,12,17)(H,15,16). The van der Waals surface area contributed by atoms with Crippen LogP contribution in [0.5, 0.6) is 0 Å². The van der Waals surface area contributed by atoms with Crippen LogP contribution in [0.15, 0.2) is 0 Å². The van der Waals surface area contributed by atoms with Gasteiger partial charge in [-0.15, -0.1) is 0 Å². The number of nitrogens with zero attached hydrogens (tertiary/aromatic N) is 1. The lowest BCUT2D eigenvalue weighted by molar-refractivity contribution is -0.141. The third-order valence-electron chi connectivity index (χ3n) is 2.57. The maximum absolute atomic E-state index is 11.7. The normalized spacial score (nSPS) is 12.3. The lowest BCUT2D eigenvalue weighted by Crippen LogP contribution is -2.47. The summed E-state index contributed by atoms with van der Waals surface area (Å²) in [5.74, 6) is -1.48. The minimum atomic E-state index is -0.911. The first-order valence-corrected chi connectivity index (χ1v) is 5.82. The molecule has 6 nitrogen and oxygen atoms in total. The summed E-state index contributed by atoms with van der Waals surface area (Å²) in [7, 11) is 0. The molecule has 0 aliphatic rings. The van der Waals surface area contributed by atoms with E-state index in [1.54, 1.807) is 6.92 Å². The minimum Gasteiger partial charge on any atom is -0.481 e. The van der Waals surface area contributed by atoms with Crippen molar-refractivity contribution >= 4 is 12.0 Å². The van der Waals surface area contributed by atoms with Crippen molar-refractivity contribution in [3.05, 3.63) is 0 Å². The van der Waals surface area contributed by atoms with E-state index in [0.29, 0.717) is 6.42 Å². The summed E-state index contributed by atoms with van der Waals surface area (Å²) < 4.78 is 0. The maximum atomic E-state index is 11.7. The van der Waals surface area contributed by atoms with Crippen LogP contribution in [0.4, 0.5) is 4.79 Å². The molecular weight excluding hydrogens is 224 g/mol. The molecule has 0 aromatic carbocycles. The van der Waals surface area contributed by atoms with Crippen molar-refractivity contribution in [2.45, 2.75) is 33.2 Å². The van der Waals surface area contributed by atoms with Gasteiger partial charge in [0.25, 0.3) is 0 Å². The number of hydrogen-bond acceptors (Lipinski definition) is 3. The average Bonchev–Trinajstić information content (AvgIpc) is 2.25. The van der Waals surface area contributed by atoms with E-state index < -0.39 is 11.9 Å². The molecule has 1 unspecified atom stereocenters. The van der Waals surface area contributed by atoms with Gasteiger partial charge in [-0.3, -0.25) is 4.79 Å². The number of aliphatic hydroxyl groups is 1. The van der Waals surface area contributed by atoms with Crippen molar-refractivity contribution in [2.75, 3.05) is 19.7 Å². The highest BCUT2D eigenvalue weighted by atomic mass is 16.4. The summed E-state index contributed by atoms with van der Waals surface area (Å²) >= 11 is 0. The number of carbonyl (C=O) groups excluding carboxylic acids is 1. The fraction of sp³-hybridized carbons (Fsp3) is 0.818. The van der Waals surface area contributed by atoms with E-state index in [1.165, 1.54) is 4.90 Å². The van der Waals surface area contributed by atoms with Crippen LogP contribution in [-0.2, 0) is 4.79 Å². The van der Waals surface area contributed by atoms with E-state index in [1.807, 2.05) is 13.8 Å². The smallest absolute Gasteiger partial charge is 0.317 e. The molecule has 0 fully saturated rings. The zero-order chi connectivity index (χ0) is 13.4. The third-order valence-corrected chi connectivity index (χ3v) is 2.57. The van der Waals surface area contributed by atoms with Gasteiger partial charge >= 0.3 is 12.0 Å². The molecule has 0 rings (SSSR count). The number of amides is 2. The van der Waals surface area contributed by atoms with Crippen LogP contribution in [0.3, 0.4) is 0 Å². The lowest BCUT2D eigenvalue weighted by atomic mass is 10.1. The molecule has 17 heavy (non-hydrogen) atoms. The number of aliphatic carboxylic acids is 1. The Morgan fingerprint density at radius 1 is 1.35 bits per heavy atom. The van der Waals surface area contributed by atoms with Gasteiger partial charge in [-0.25, -0.2) is 4.79 Å². The Hall–Kier alpha value is -1.30. The Labute approximate surface area is 102 Å². The number of urea groups is 1. The van der Waals surface area contributed by atoms with Crippen LogP contribution >= 0.6 is 0 Å². The quantitative estimate of drug-likeness (QED) is 0.610. The third kappa shape index (κ3) is 5.53. The number of nitrogens with one attached hydrogen (secondary N) is 1. The van der Waals surface area contributed by atoms with Crippen LogP contribution in [0.1, 0.15) is 27.2 Å². The summed E-state index contributed by atoms with van der Waals surface area (Å²) in [4.78, 5) is 24.0. The van der Waals surface area contributed by atoms with E-state index in [-0.39, 0.29) is 31.8 Å². The Morgan fingerprint density at radius 2 is 1.94 bits per heavy atom. The molecule has 1 atom stereocenters. The highest BCUT2D eigenvalue weighted by Gasteiger charge is 2.20. The fourth-order valence-corrected chi connectivity index (χ4v) is 1.42. The molecule has 6 heteroatoms. The molecule has 0 aromatic heterocycles. The Bertz CT molecular complexity index is 256. The molecule has 3 N–H and O–H groups in total. The van der Waals surface area contributed by atoms with Crippen molar-refractivity contribution in [3.8, 4) is 0 Å². The van der Waals surface area contributed by atoms with Crippen LogP contribution in [0.25, 0.3) is 0 Å². The molecule has 0 spiro atoms. The Kier molecular flexibility index (Phi) is 7.29. The van der Waals surface area contributed by atoms with Gasteiger partial charge in [-0.2, -0.15) is 0 Å². The van der Waals surface area contributed by atoms with Gasteiger partial charge in [-0.05, 0) is 20.3 Å². The first-order valence-electron chi connectivity index (χ1n) is 5.82. The largest absolute Gasteiger partial charge is 0.481 e. The van der Waals surface area contributed by atoms with Crippen LogP contribution in [0, 0.1) is 5.92 Å². The number of rotatable bonds is 7. The van der Waals surface area contributed by atoms with Crippen molar-refractivity contribution in [3.63, 3.8) is 0 Å². The summed E-state index contributed by atoms with van der Waals surface area (Å²) in [5.41, 5.74) is 0. The van der Waals surface area contributed by atoms with Gasteiger partial charge in [0.2, 0.25) is 0 Å². The molecule has 100 valence electrons. The van der Waals surface area contributed by atoms with Gasteiger partial charge < -0.3 is 20.4 Å². The first kappa shape index (κ1) is 15.7. The molecule has 0 heterocycles. The second kappa shape index (κ2) is 7.89. The topological polar surface area (TPSA) is 89.9 Å². The molecule has 0 aromatic rings. The predicted molar refractivity (Wildman–Crippen MR) is 63.7 cm³/mol. The van der Waals surface area contributed by atoms with Gasteiger partial charge in [0.1, 0.15) is 0 Å². The van der Waals surface area contributed by atoms with E-state index in [0.717, 1.165) is 0 Å². The molecule has 0 radical (unpaired) electrons. The second-order valence-electron chi connectivity index (χ2n) is 4.14. The van der Waals surface area contributed by atoms with Gasteiger partial charge in [0.05, 0.1) is 12.5 Å². The first-order chi connectivity index (χ1) is 7.93. The van der Waals surface area contributed by atoms with E-state index in [9.17, 15) is 9.59 Å². The Balaban J connectivity index is 4.26. The van der Waals surface area contributed by atoms with Crippen molar-refractivity contribution < 1.29 is 19.8 Å². The van der Waals surface area contributed by atoms with E-state index in [4.69, 9.17) is 10.2 Å². The second-order valence-corrected chi connectivity index (χ2v) is 4.14. The lowest BCUT2D eigenvalue weighted by Gasteiger charge is -2.26. The van der Waals surface area contributed by atoms with Crippen LogP contribution in [0.2, 0.25) is 0 Å². The molecule has 0 aliphatic carbocycles. The highest BCUT2D eigenvalue weighted by molar-refractivity contribution is 5.76. The molecule has 0 bridgehead atoms. The van der Waals surface area contributed by atoms with Gasteiger partial charge in [0, 0.05) is 19.1 Å². The summed E-state index contributed by atoms with van der Waals surface area (Å²) in [6.45, 7) is 5.68. The van der Waals surface area contributed by atoms with Gasteiger partial charge in [0.15, 0.2) is 0 Å². The SMILES string of the molecule is CCC(CNC(=O)N(CCO)C(C)C)C(=O)O. The molecule has 0 aliphatic heterocycles. The predicted octanol–water partition coefficient (Wildman–Crippen LogP) is 0.509. The van der Waals surface area contributed by atoms with Gasteiger partial charge in [-0.1, -0.05) is 6.92 Å². The summed E-state index contributed by atoms with van der Waals surface area (Å²) in [6.07, 6.45) is 0.470. The number of aliphatic hydroxyl groups excluding tert-OH is 1. The molecule has 0 saturated carbocycles. The highest BCUT2D eigenvalue weighted by Crippen LogP contribution is 2.02. The van der Waals surface area contributed by atoms with E-state index in [2.05, 4.69) is 5.32 Å². The van der Waals surface area contributed by atoms with E-state index >= 15 is 0 Å². The number of carboxylic acid groups (broad SMARTS) is 1. The van der Waals surface area contributed by atoms with Crippen molar-refractivity contribution in [1.29, 1.82) is 0 Å². The van der Waals surface area contributed by atoms with Crippen LogP contribution < -0.4 is 5.32 Å². The van der Waals surface area contributed by atoms with Crippen LogP contribution in [-0.4, -0.2) is 52.9 Å². The minimum absolute atomic E-state index is 0.0351. The summed E-state index contributed by atoms with van der Waals surface area (Å²) in [5, 5.41) is 20.2. The zero-order valence-corrected chi connectivity index (χ0v) is 10.6. The number of carboxylic acids is 1. The maximum Gasteiger partial charge on any atom is 0.317 e. The van der Waals surface area contributed by atoms with Crippen molar-refractivity contribution in [2.24, 2.45) is 5.92 Å². The number of carbonyl (C=O) groups is 2. The average molecular weight is 246 g/mol. The monoisotopic (exact) mass is 246 g/mol.